The summed E-state index contributed by atoms with van der Waals surface area (Å²) in [6.07, 6.45) is 3.43. The lowest BCUT2D eigenvalue weighted by molar-refractivity contribution is -0.133. The van der Waals surface area contributed by atoms with Crippen molar-refractivity contribution in [1.29, 1.82) is 0 Å². The van der Waals surface area contributed by atoms with E-state index in [9.17, 15) is 29.4 Å². The molecule has 0 bridgehead atoms. The number of rotatable bonds is 1. The molecule has 2 aliphatic carbocycles. The lowest BCUT2D eigenvalue weighted by Gasteiger charge is -2.15. The third-order valence-corrected chi connectivity index (χ3v) is 2.42. The quantitative estimate of drug-likeness (QED) is 0.383. The van der Waals surface area contributed by atoms with E-state index in [2.05, 4.69) is 0 Å². The number of carbonyl (C=O) groups is 4. The minimum absolute atomic E-state index is 0.324. The van der Waals surface area contributed by atoms with E-state index < -0.39 is 40.2 Å². The Balaban J connectivity index is 2.61. The molecular weight excluding hydrogens is 240 g/mol. The smallest absolute Gasteiger partial charge is 0.268 e. The highest BCUT2D eigenvalue weighted by Gasteiger charge is 2.33. The average Bonchev–Trinajstić information content (AvgIpc) is 2.31. The molecule has 0 saturated carbocycles. The number of allylic oxidation sites excluding steroid dienone is 6. The van der Waals surface area contributed by atoms with Crippen molar-refractivity contribution in [3.8, 4) is 0 Å². The molecule has 0 aromatic heterocycles. The first-order chi connectivity index (χ1) is 8.41. The van der Waals surface area contributed by atoms with E-state index >= 15 is 0 Å². The minimum atomic E-state index is -1.24. The molecule has 0 spiro atoms. The van der Waals surface area contributed by atoms with Crippen LogP contribution >= 0.6 is 0 Å². The topological polar surface area (TPSA) is 109 Å². The first-order valence-electron chi connectivity index (χ1n) is 4.83. The van der Waals surface area contributed by atoms with Gasteiger partial charge in [0.2, 0.25) is 5.78 Å². The van der Waals surface area contributed by atoms with Gasteiger partial charge in [-0.25, -0.2) is 0 Å². The minimum Gasteiger partial charge on any atom is -0.507 e. The van der Waals surface area contributed by atoms with Crippen LogP contribution < -0.4 is 0 Å². The van der Waals surface area contributed by atoms with Crippen LogP contribution in [0.3, 0.4) is 0 Å². The molecule has 0 aromatic carbocycles. The van der Waals surface area contributed by atoms with E-state index in [0.717, 1.165) is 18.2 Å². The van der Waals surface area contributed by atoms with E-state index in [4.69, 9.17) is 0 Å². The van der Waals surface area contributed by atoms with Crippen LogP contribution in [0.5, 0.6) is 0 Å². The standard InChI is InChI=1S/C12H6O6/c13-5-1-2-7(14)6(3-5)10-8(15)4-9(16)11(17)12(10)18/h1-4,15,18H. The van der Waals surface area contributed by atoms with Crippen molar-refractivity contribution < 1.29 is 29.4 Å². The Kier molecular flexibility index (Phi) is 2.55. The molecule has 18 heavy (non-hydrogen) atoms. The third-order valence-electron chi connectivity index (χ3n) is 2.42. The zero-order valence-electron chi connectivity index (χ0n) is 8.84. The summed E-state index contributed by atoms with van der Waals surface area (Å²) in [7, 11) is 0. The van der Waals surface area contributed by atoms with Crippen molar-refractivity contribution in [3.63, 3.8) is 0 Å². The van der Waals surface area contributed by atoms with Crippen molar-refractivity contribution >= 4 is 23.1 Å². The summed E-state index contributed by atoms with van der Waals surface area (Å²) in [5.74, 6) is -5.28. The van der Waals surface area contributed by atoms with Crippen LogP contribution in [-0.4, -0.2) is 33.3 Å². The van der Waals surface area contributed by atoms with Gasteiger partial charge in [0, 0.05) is 11.6 Å². The van der Waals surface area contributed by atoms with Gasteiger partial charge in [-0.3, -0.25) is 19.2 Å². The van der Waals surface area contributed by atoms with Crippen LogP contribution in [0.25, 0.3) is 0 Å². The zero-order chi connectivity index (χ0) is 13.4. The summed E-state index contributed by atoms with van der Waals surface area (Å²) in [6.45, 7) is 0. The fourth-order valence-electron chi connectivity index (χ4n) is 1.58. The number of hydrogen-bond donors (Lipinski definition) is 2. The Morgan fingerprint density at radius 2 is 1.50 bits per heavy atom. The summed E-state index contributed by atoms with van der Waals surface area (Å²) < 4.78 is 0. The molecule has 0 unspecified atom stereocenters. The van der Waals surface area contributed by atoms with Gasteiger partial charge >= 0.3 is 0 Å². The van der Waals surface area contributed by atoms with Crippen molar-refractivity contribution in [2.45, 2.75) is 0 Å². The van der Waals surface area contributed by atoms with E-state index in [1.807, 2.05) is 0 Å². The summed E-state index contributed by atoms with van der Waals surface area (Å²) in [6, 6.07) is 0. The second-order valence-electron chi connectivity index (χ2n) is 3.60. The second-order valence-corrected chi connectivity index (χ2v) is 3.60. The van der Waals surface area contributed by atoms with Crippen molar-refractivity contribution in [1.82, 2.24) is 0 Å². The van der Waals surface area contributed by atoms with Gasteiger partial charge in [-0.05, 0) is 18.2 Å². The largest absolute Gasteiger partial charge is 0.507 e. The molecule has 0 saturated heterocycles. The van der Waals surface area contributed by atoms with Gasteiger partial charge in [-0.15, -0.1) is 0 Å². The molecule has 0 aliphatic heterocycles. The van der Waals surface area contributed by atoms with Gasteiger partial charge in [0.05, 0.1) is 5.57 Å². The molecule has 2 aliphatic rings. The highest BCUT2D eigenvalue weighted by atomic mass is 16.3. The van der Waals surface area contributed by atoms with E-state index in [0.29, 0.717) is 6.08 Å². The maximum absolute atomic E-state index is 11.5. The predicted octanol–water partition coefficient (Wildman–Crippen LogP) is 0.0266. The normalized spacial score (nSPS) is 20.2. The zero-order valence-corrected chi connectivity index (χ0v) is 8.84. The third kappa shape index (κ3) is 1.69. The van der Waals surface area contributed by atoms with Gasteiger partial charge in [0.25, 0.3) is 5.78 Å². The highest BCUT2D eigenvalue weighted by Crippen LogP contribution is 2.27. The van der Waals surface area contributed by atoms with Crippen LogP contribution in [0.1, 0.15) is 0 Å². The number of hydrogen-bond acceptors (Lipinski definition) is 6. The summed E-state index contributed by atoms with van der Waals surface area (Å²) in [5.41, 5.74) is -0.822. The molecule has 2 rings (SSSR count). The summed E-state index contributed by atoms with van der Waals surface area (Å²) in [4.78, 5) is 45.0. The molecule has 0 radical (unpaired) electrons. The summed E-state index contributed by atoms with van der Waals surface area (Å²) in [5, 5.41) is 19.0. The fraction of sp³-hybridized carbons (Fsp3) is 0. The molecule has 0 atom stereocenters. The number of Topliss-reactive ketones (excluding diaryl/α,β-unsaturated/α-hetero) is 1. The molecule has 0 fully saturated rings. The Labute approximate surface area is 100 Å². The van der Waals surface area contributed by atoms with Crippen molar-refractivity contribution in [2.75, 3.05) is 0 Å². The van der Waals surface area contributed by atoms with Crippen molar-refractivity contribution in [3.05, 3.63) is 47.0 Å². The predicted molar refractivity (Wildman–Crippen MR) is 57.6 cm³/mol. The van der Waals surface area contributed by atoms with Crippen molar-refractivity contribution in [2.24, 2.45) is 0 Å². The van der Waals surface area contributed by atoms with E-state index in [1.54, 1.807) is 0 Å². The Morgan fingerprint density at radius 1 is 0.833 bits per heavy atom. The van der Waals surface area contributed by atoms with Gasteiger partial charge in [0.1, 0.15) is 5.76 Å². The molecular formula is C12H6O6. The van der Waals surface area contributed by atoms with Crippen LogP contribution in [0.15, 0.2) is 47.0 Å². The molecule has 6 nitrogen and oxygen atoms in total. The second kappa shape index (κ2) is 3.92. The highest BCUT2D eigenvalue weighted by molar-refractivity contribution is 6.48. The Morgan fingerprint density at radius 3 is 2.17 bits per heavy atom. The SMILES string of the molecule is O=C1C=CC(=O)C(C2=C(O)C(=O)C(=O)C=C2O)=C1. The molecule has 0 heterocycles. The fourth-order valence-corrected chi connectivity index (χ4v) is 1.58. The number of carbonyl (C=O) groups excluding carboxylic acids is 4. The summed E-state index contributed by atoms with van der Waals surface area (Å²) >= 11 is 0. The van der Waals surface area contributed by atoms with E-state index in [-0.39, 0.29) is 5.57 Å². The maximum atomic E-state index is 11.5. The van der Waals surface area contributed by atoms with Gasteiger partial charge < -0.3 is 10.2 Å². The van der Waals surface area contributed by atoms with Gasteiger partial charge in [0.15, 0.2) is 17.3 Å². The first-order valence-corrected chi connectivity index (χ1v) is 4.83. The van der Waals surface area contributed by atoms with E-state index in [1.165, 1.54) is 0 Å². The van der Waals surface area contributed by atoms with Gasteiger partial charge in [-0.2, -0.15) is 0 Å². The Bertz CT molecular complexity index is 627. The van der Waals surface area contributed by atoms with Crippen LogP contribution in [0.4, 0.5) is 0 Å². The number of ketones is 4. The lowest BCUT2D eigenvalue weighted by atomic mass is 9.89. The van der Waals surface area contributed by atoms with Gasteiger partial charge in [-0.1, -0.05) is 0 Å². The number of aliphatic hydroxyl groups excluding tert-OH is 2. The Hall–Kier alpha value is -2.76. The van der Waals surface area contributed by atoms with Crippen LogP contribution in [-0.2, 0) is 19.2 Å². The molecule has 90 valence electrons. The molecule has 2 N–H and O–H groups in total. The molecule has 6 heteroatoms. The maximum Gasteiger partial charge on any atom is 0.268 e. The number of aliphatic hydroxyl groups is 2. The van der Waals surface area contributed by atoms with Crippen LogP contribution in [0, 0.1) is 0 Å². The molecule has 0 aromatic rings. The average molecular weight is 246 g/mol. The molecule has 0 amide bonds. The van der Waals surface area contributed by atoms with Crippen LogP contribution in [0.2, 0.25) is 0 Å². The lowest BCUT2D eigenvalue weighted by Crippen LogP contribution is -2.24. The monoisotopic (exact) mass is 246 g/mol. The first kappa shape index (κ1) is 11.7.